The average Bonchev–Trinajstić information content (AvgIpc) is 2.70. The number of ether oxygens (including phenoxy) is 1. The molecule has 1 aliphatic heterocycles. The van der Waals surface area contributed by atoms with E-state index in [1.807, 2.05) is 29.8 Å². The smallest absolute Gasteiger partial charge is 0.252 e. The molecule has 0 unspecified atom stereocenters. The summed E-state index contributed by atoms with van der Waals surface area (Å²) in [4.78, 5) is 21.9. The van der Waals surface area contributed by atoms with Gasteiger partial charge in [-0.3, -0.25) is 4.79 Å². The van der Waals surface area contributed by atoms with Crippen molar-refractivity contribution in [3.8, 4) is 0 Å². The summed E-state index contributed by atoms with van der Waals surface area (Å²) in [6.45, 7) is 7.44. The third-order valence-corrected chi connectivity index (χ3v) is 6.44. The lowest BCUT2D eigenvalue weighted by Crippen LogP contribution is -2.28. The van der Waals surface area contributed by atoms with Gasteiger partial charge in [0, 0.05) is 36.0 Å². The molecule has 1 fully saturated rings. The molecule has 0 bridgehead atoms. The molecule has 7 heteroatoms. The van der Waals surface area contributed by atoms with Gasteiger partial charge in [0.1, 0.15) is 11.6 Å². The van der Waals surface area contributed by atoms with Gasteiger partial charge in [0.05, 0.1) is 16.9 Å². The van der Waals surface area contributed by atoms with E-state index in [0.29, 0.717) is 24.6 Å². The van der Waals surface area contributed by atoms with Gasteiger partial charge in [0.15, 0.2) is 0 Å². The zero-order chi connectivity index (χ0) is 20.5. The molecule has 3 aromatic rings. The Hall–Kier alpha value is -2.25. The number of nitrogens with zero attached hydrogens (tertiary/aromatic N) is 3. The molecule has 29 heavy (non-hydrogen) atoms. The Bertz CT molecular complexity index is 1110. The first-order valence-corrected chi connectivity index (χ1v) is 10.7. The standard InChI is InChI=1S/C22H25BrN4O2/c1-13-17(5-4-6-19(13)23)14(2)24-22-18-12-27(16-7-9-29-10-8-16)21(28)11-20(18)25-15(3)26-22/h4-6,11-12,14,16H,7-10H2,1-3H3,(H,24,25,26)/t14-/m1/s1. The van der Waals surface area contributed by atoms with Crippen LogP contribution in [-0.2, 0) is 4.74 Å². The number of halogens is 1. The molecule has 1 aliphatic rings. The maximum atomic E-state index is 12.7. The van der Waals surface area contributed by atoms with E-state index in [2.05, 4.69) is 51.1 Å². The van der Waals surface area contributed by atoms with Crippen molar-refractivity contribution in [2.75, 3.05) is 18.5 Å². The number of fused-ring (bicyclic) bond motifs is 1. The van der Waals surface area contributed by atoms with Crippen LogP contribution in [-0.4, -0.2) is 27.7 Å². The summed E-state index contributed by atoms with van der Waals surface area (Å²) in [6.07, 6.45) is 3.60. The van der Waals surface area contributed by atoms with Gasteiger partial charge >= 0.3 is 0 Å². The Labute approximate surface area is 178 Å². The second-order valence-electron chi connectivity index (χ2n) is 7.60. The van der Waals surface area contributed by atoms with E-state index >= 15 is 0 Å². The lowest BCUT2D eigenvalue weighted by Gasteiger charge is -2.25. The fraction of sp³-hybridized carbons (Fsp3) is 0.409. The first-order chi connectivity index (χ1) is 13.9. The van der Waals surface area contributed by atoms with E-state index in [1.54, 1.807) is 6.07 Å². The van der Waals surface area contributed by atoms with Gasteiger partial charge in [-0.2, -0.15) is 0 Å². The fourth-order valence-corrected chi connectivity index (χ4v) is 4.35. The summed E-state index contributed by atoms with van der Waals surface area (Å²) in [5.74, 6) is 1.39. The van der Waals surface area contributed by atoms with Crippen molar-refractivity contribution in [1.29, 1.82) is 0 Å². The van der Waals surface area contributed by atoms with Crippen LogP contribution in [0.2, 0.25) is 0 Å². The molecule has 0 aliphatic carbocycles. The zero-order valence-corrected chi connectivity index (χ0v) is 18.5. The van der Waals surface area contributed by atoms with Crippen LogP contribution in [0.15, 0.2) is 39.7 Å². The second kappa shape index (κ2) is 8.24. The summed E-state index contributed by atoms with van der Waals surface area (Å²) in [6, 6.07) is 8.03. The normalized spacial score (nSPS) is 16.1. The van der Waals surface area contributed by atoms with Crippen molar-refractivity contribution in [3.63, 3.8) is 0 Å². The van der Waals surface area contributed by atoms with E-state index in [0.717, 1.165) is 28.5 Å². The lowest BCUT2D eigenvalue weighted by atomic mass is 10.0. The summed E-state index contributed by atoms with van der Waals surface area (Å²) < 4.78 is 8.36. The minimum Gasteiger partial charge on any atom is -0.381 e. The fourth-order valence-electron chi connectivity index (χ4n) is 3.97. The van der Waals surface area contributed by atoms with Crippen LogP contribution in [0, 0.1) is 13.8 Å². The minimum absolute atomic E-state index is 0.0238. The summed E-state index contributed by atoms with van der Waals surface area (Å²) in [5.41, 5.74) is 3.04. The Morgan fingerprint density at radius 1 is 1.24 bits per heavy atom. The second-order valence-corrected chi connectivity index (χ2v) is 8.46. The summed E-state index contributed by atoms with van der Waals surface area (Å²) >= 11 is 3.61. The number of pyridine rings is 1. The van der Waals surface area contributed by atoms with Crippen molar-refractivity contribution in [2.45, 2.75) is 45.7 Å². The molecule has 4 rings (SSSR count). The molecule has 1 aromatic carbocycles. The number of hydrogen-bond donors (Lipinski definition) is 1. The molecular weight excluding hydrogens is 432 g/mol. The van der Waals surface area contributed by atoms with Gasteiger partial charge in [-0.25, -0.2) is 9.97 Å². The number of anilines is 1. The van der Waals surface area contributed by atoms with E-state index in [4.69, 9.17) is 4.74 Å². The first-order valence-electron chi connectivity index (χ1n) is 9.94. The van der Waals surface area contributed by atoms with Crippen LogP contribution >= 0.6 is 15.9 Å². The number of rotatable bonds is 4. The Balaban J connectivity index is 1.76. The highest BCUT2D eigenvalue weighted by Crippen LogP contribution is 2.29. The number of benzene rings is 1. The molecular formula is C22H25BrN4O2. The molecule has 0 saturated carbocycles. The van der Waals surface area contributed by atoms with Crippen LogP contribution < -0.4 is 10.9 Å². The Kier molecular flexibility index (Phi) is 5.69. The number of aromatic nitrogens is 3. The van der Waals surface area contributed by atoms with Crippen LogP contribution in [0.25, 0.3) is 10.9 Å². The molecule has 1 atom stereocenters. The van der Waals surface area contributed by atoms with Crippen molar-refractivity contribution in [1.82, 2.24) is 14.5 Å². The molecule has 6 nitrogen and oxygen atoms in total. The lowest BCUT2D eigenvalue weighted by molar-refractivity contribution is 0.0688. The van der Waals surface area contributed by atoms with E-state index < -0.39 is 0 Å². The highest BCUT2D eigenvalue weighted by molar-refractivity contribution is 9.10. The largest absolute Gasteiger partial charge is 0.381 e. The average molecular weight is 457 g/mol. The molecule has 0 spiro atoms. The van der Waals surface area contributed by atoms with Crippen molar-refractivity contribution in [2.24, 2.45) is 0 Å². The van der Waals surface area contributed by atoms with E-state index in [9.17, 15) is 4.79 Å². The summed E-state index contributed by atoms with van der Waals surface area (Å²) in [7, 11) is 0. The highest BCUT2D eigenvalue weighted by Gasteiger charge is 2.19. The van der Waals surface area contributed by atoms with Gasteiger partial charge in [-0.1, -0.05) is 28.1 Å². The Morgan fingerprint density at radius 2 is 2.00 bits per heavy atom. The first kappa shape index (κ1) is 20.0. The van der Waals surface area contributed by atoms with E-state index in [1.165, 1.54) is 11.1 Å². The van der Waals surface area contributed by atoms with Crippen LogP contribution in [0.4, 0.5) is 5.82 Å². The zero-order valence-electron chi connectivity index (χ0n) is 16.9. The maximum absolute atomic E-state index is 12.7. The highest BCUT2D eigenvalue weighted by atomic mass is 79.9. The van der Waals surface area contributed by atoms with Crippen molar-refractivity contribution in [3.05, 3.63) is 62.2 Å². The number of hydrogen-bond acceptors (Lipinski definition) is 5. The predicted molar refractivity (Wildman–Crippen MR) is 119 cm³/mol. The predicted octanol–water partition coefficient (Wildman–Crippen LogP) is 4.70. The van der Waals surface area contributed by atoms with Gasteiger partial charge in [-0.05, 0) is 50.8 Å². The molecule has 3 heterocycles. The number of nitrogens with one attached hydrogen (secondary N) is 1. The molecule has 1 saturated heterocycles. The third-order valence-electron chi connectivity index (χ3n) is 5.58. The maximum Gasteiger partial charge on any atom is 0.252 e. The van der Waals surface area contributed by atoms with Crippen molar-refractivity contribution < 1.29 is 4.74 Å². The molecule has 2 aromatic heterocycles. The topological polar surface area (TPSA) is 69.0 Å². The quantitative estimate of drug-likeness (QED) is 0.616. The van der Waals surface area contributed by atoms with Crippen molar-refractivity contribution >= 4 is 32.7 Å². The van der Waals surface area contributed by atoms with Crippen LogP contribution in [0.3, 0.4) is 0 Å². The molecule has 0 radical (unpaired) electrons. The third kappa shape index (κ3) is 4.07. The van der Waals surface area contributed by atoms with Crippen LogP contribution in [0.5, 0.6) is 0 Å². The van der Waals surface area contributed by atoms with Gasteiger partial charge in [0.25, 0.3) is 5.56 Å². The number of aryl methyl sites for hydroxylation is 1. The van der Waals surface area contributed by atoms with Gasteiger partial charge in [-0.15, -0.1) is 0 Å². The van der Waals surface area contributed by atoms with Gasteiger partial charge < -0.3 is 14.6 Å². The van der Waals surface area contributed by atoms with Crippen LogP contribution in [0.1, 0.15) is 48.8 Å². The van der Waals surface area contributed by atoms with E-state index in [-0.39, 0.29) is 17.6 Å². The Morgan fingerprint density at radius 3 is 2.76 bits per heavy atom. The monoisotopic (exact) mass is 456 g/mol. The molecule has 1 N–H and O–H groups in total. The van der Waals surface area contributed by atoms with Gasteiger partial charge in [0.2, 0.25) is 0 Å². The summed E-state index contributed by atoms with van der Waals surface area (Å²) in [5, 5.41) is 4.41. The molecule has 152 valence electrons. The SMILES string of the molecule is Cc1nc(N[C@H](C)c2cccc(Br)c2C)c2cn(C3CCOCC3)c(=O)cc2n1. The minimum atomic E-state index is -0.0238. The molecule has 0 amide bonds.